The molecule has 1 saturated heterocycles. The van der Waals surface area contributed by atoms with E-state index >= 15 is 0 Å². The van der Waals surface area contributed by atoms with Crippen molar-refractivity contribution in [2.45, 2.75) is 38.8 Å². The van der Waals surface area contributed by atoms with Gasteiger partial charge in [0.2, 0.25) is 6.54 Å². The predicted molar refractivity (Wildman–Crippen MR) is 186 cm³/mol. The van der Waals surface area contributed by atoms with Gasteiger partial charge >= 0.3 is 6.01 Å². The molecule has 1 aromatic heterocycles. The zero-order valence-corrected chi connectivity index (χ0v) is 28.2. The van der Waals surface area contributed by atoms with Crippen LogP contribution in [0.4, 0.5) is 15.9 Å². The van der Waals surface area contributed by atoms with Gasteiger partial charge in [-0.3, -0.25) is 4.79 Å². The normalized spacial score (nSPS) is 18.5. The van der Waals surface area contributed by atoms with Crippen molar-refractivity contribution >= 4 is 53.3 Å². The Labute approximate surface area is 282 Å². The molecule has 0 unspecified atom stereocenters. The summed E-state index contributed by atoms with van der Waals surface area (Å²) in [6, 6.07) is 12.0. The third-order valence-electron chi connectivity index (χ3n) is 9.38. The number of fused-ring (bicyclic) bond motifs is 2. The SMILES string of the molecule is S.[C-]#[N+]C[C@H]1CN(c2nc(OCC3(CN(C)CC)CC3)nc3c2CCN(c2cccc4cccc(Cl)c24)C3)CCN1C(=O)C(=C)F. The number of hydrogen-bond donors (Lipinski definition) is 0. The summed E-state index contributed by atoms with van der Waals surface area (Å²) < 4.78 is 20.2. The van der Waals surface area contributed by atoms with Crippen molar-refractivity contribution in [1.29, 1.82) is 0 Å². The summed E-state index contributed by atoms with van der Waals surface area (Å²) in [6.45, 7) is 17.8. The highest BCUT2D eigenvalue weighted by Gasteiger charge is 2.44. The molecule has 0 spiro atoms. The van der Waals surface area contributed by atoms with Gasteiger partial charge < -0.3 is 29.2 Å². The minimum absolute atomic E-state index is 0. The molecule has 3 aromatic rings. The van der Waals surface area contributed by atoms with Crippen LogP contribution in [0.5, 0.6) is 6.01 Å². The van der Waals surface area contributed by atoms with Crippen LogP contribution in [0.25, 0.3) is 15.6 Å². The number of rotatable bonds is 10. The van der Waals surface area contributed by atoms with Gasteiger partial charge in [-0.25, -0.2) is 11.0 Å². The zero-order chi connectivity index (χ0) is 31.7. The largest absolute Gasteiger partial charge is 0.463 e. The molecule has 9 nitrogen and oxygen atoms in total. The Morgan fingerprint density at radius 2 is 1.96 bits per heavy atom. The lowest BCUT2D eigenvalue weighted by Crippen LogP contribution is -2.57. The van der Waals surface area contributed by atoms with Crippen LogP contribution in [-0.2, 0) is 17.8 Å². The molecule has 1 amide bonds. The highest BCUT2D eigenvalue weighted by molar-refractivity contribution is 7.59. The Kier molecular flexibility index (Phi) is 10.3. The molecule has 244 valence electrons. The average molecular weight is 666 g/mol. The number of amides is 1. The maximum absolute atomic E-state index is 13.8. The molecule has 1 atom stereocenters. The number of piperazine rings is 1. The molecule has 1 aliphatic carbocycles. The van der Waals surface area contributed by atoms with E-state index < -0.39 is 17.8 Å². The fourth-order valence-electron chi connectivity index (χ4n) is 6.62. The van der Waals surface area contributed by atoms with Gasteiger partial charge in [-0.05, 0) is 50.4 Å². The molecule has 0 bridgehead atoms. The number of anilines is 2. The minimum atomic E-state index is -1.01. The van der Waals surface area contributed by atoms with Crippen LogP contribution in [0.1, 0.15) is 31.0 Å². The van der Waals surface area contributed by atoms with Crippen molar-refractivity contribution in [3.63, 3.8) is 0 Å². The lowest BCUT2D eigenvalue weighted by molar-refractivity contribution is -0.131. The topological polar surface area (TPSA) is 69.4 Å². The molecule has 3 heterocycles. The van der Waals surface area contributed by atoms with E-state index in [4.69, 9.17) is 32.9 Å². The average Bonchev–Trinajstić information content (AvgIpc) is 3.81. The Morgan fingerprint density at radius 1 is 1.20 bits per heavy atom. The molecule has 2 fully saturated rings. The second kappa shape index (κ2) is 14.0. The number of ether oxygens (including phenoxy) is 1. The first-order valence-corrected chi connectivity index (χ1v) is 16.0. The van der Waals surface area contributed by atoms with Gasteiger partial charge in [0.05, 0.1) is 23.9 Å². The number of benzene rings is 2. The Balaban J connectivity index is 0.00000417. The number of halogens is 2. The smallest absolute Gasteiger partial charge is 0.318 e. The molecular weight excluding hydrogens is 625 g/mol. The van der Waals surface area contributed by atoms with E-state index in [2.05, 4.69) is 64.4 Å². The highest BCUT2D eigenvalue weighted by atomic mass is 35.5. The lowest BCUT2D eigenvalue weighted by atomic mass is 10.0. The predicted octanol–water partition coefficient (Wildman–Crippen LogP) is 5.49. The van der Waals surface area contributed by atoms with Gasteiger partial charge in [-0.2, -0.15) is 23.5 Å². The molecule has 3 aliphatic rings. The van der Waals surface area contributed by atoms with E-state index in [0.29, 0.717) is 43.7 Å². The van der Waals surface area contributed by atoms with Gasteiger partial charge in [0, 0.05) is 54.8 Å². The van der Waals surface area contributed by atoms with Crippen molar-refractivity contribution in [2.24, 2.45) is 5.41 Å². The number of aromatic nitrogens is 2. The lowest BCUT2D eigenvalue weighted by Gasteiger charge is -2.41. The quantitative estimate of drug-likeness (QED) is 0.210. The second-order valence-electron chi connectivity index (χ2n) is 12.5. The summed E-state index contributed by atoms with van der Waals surface area (Å²) in [4.78, 5) is 34.2. The molecule has 2 aliphatic heterocycles. The van der Waals surface area contributed by atoms with E-state index in [1.807, 2.05) is 12.1 Å². The van der Waals surface area contributed by atoms with Crippen molar-refractivity contribution in [2.75, 3.05) is 69.3 Å². The first-order valence-electron chi connectivity index (χ1n) is 15.6. The second-order valence-corrected chi connectivity index (χ2v) is 12.9. The van der Waals surface area contributed by atoms with Crippen LogP contribution in [0.3, 0.4) is 0 Å². The summed E-state index contributed by atoms with van der Waals surface area (Å²) >= 11 is 6.70. The summed E-state index contributed by atoms with van der Waals surface area (Å²) in [5.74, 6) is -1.000. The third kappa shape index (κ3) is 6.89. The standard InChI is InChI=1S/C34H39ClFN7O2.H2S/c1-5-40(4)21-34(13-14-34)22-45-33-38-28-20-41(29-11-7-9-24-8-6-10-27(35)30(24)29)15-12-26(28)31(39-33)42-16-17-43(32(44)23(2)36)25(19-42)18-37-3;/h6-11,25H,2,5,12-22H2,1,4H3;1H2/t25-;/m0./s1. The van der Waals surface area contributed by atoms with Crippen molar-refractivity contribution in [1.82, 2.24) is 19.8 Å². The molecular formula is C34H41ClFN7O2S. The van der Waals surface area contributed by atoms with Gasteiger partial charge in [-0.1, -0.05) is 49.4 Å². The van der Waals surface area contributed by atoms with Crippen molar-refractivity contribution < 1.29 is 13.9 Å². The fourth-order valence-corrected chi connectivity index (χ4v) is 6.90. The Morgan fingerprint density at radius 3 is 2.65 bits per heavy atom. The molecule has 1 saturated carbocycles. The molecule has 46 heavy (non-hydrogen) atoms. The number of carbonyl (C=O) groups excluding carboxylic acids is 1. The number of hydrogen-bond acceptors (Lipinski definition) is 7. The van der Waals surface area contributed by atoms with E-state index in [0.717, 1.165) is 66.0 Å². The number of nitrogens with zero attached hydrogens (tertiary/aromatic N) is 7. The Bertz CT molecular complexity index is 1660. The third-order valence-corrected chi connectivity index (χ3v) is 9.70. The van der Waals surface area contributed by atoms with Gasteiger partial charge in [-0.15, -0.1) is 0 Å². The van der Waals surface area contributed by atoms with E-state index in [9.17, 15) is 9.18 Å². The Hall–Kier alpha value is -3.59. The van der Waals surface area contributed by atoms with E-state index in [1.165, 1.54) is 4.90 Å². The molecule has 0 radical (unpaired) electrons. The first kappa shape index (κ1) is 33.8. The van der Waals surface area contributed by atoms with Crippen molar-refractivity contribution in [3.05, 3.63) is 76.5 Å². The molecule has 12 heteroatoms. The summed E-state index contributed by atoms with van der Waals surface area (Å²) in [5.41, 5.74) is 3.09. The van der Waals surface area contributed by atoms with Gasteiger partial charge in [0.15, 0.2) is 5.83 Å². The van der Waals surface area contributed by atoms with Gasteiger partial charge in [0.25, 0.3) is 5.91 Å². The monoisotopic (exact) mass is 665 g/mol. The minimum Gasteiger partial charge on any atom is -0.463 e. The van der Waals surface area contributed by atoms with Crippen LogP contribution in [0.15, 0.2) is 48.8 Å². The van der Waals surface area contributed by atoms with E-state index in [1.54, 1.807) is 0 Å². The summed E-state index contributed by atoms with van der Waals surface area (Å²) in [6.07, 6.45) is 2.92. The van der Waals surface area contributed by atoms with Crippen LogP contribution < -0.4 is 14.5 Å². The fraction of sp³-hybridized carbons (Fsp3) is 0.471. The van der Waals surface area contributed by atoms with Gasteiger partial charge in [0.1, 0.15) is 11.9 Å². The first-order chi connectivity index (χ1) is 21.7. The highest BCUT2D eigenvalue weighted by Crippen LogP contribution is 2.46. The van der Waals surface area contributed by atoms with E-state index in [-0.39, 0.29) is 32.0 Å². The molecule has 2 aromatic carbocycles. The molecule has 6 rings (SSSR count). The molecule has 0 N–H and O–H groups in total. The zero-order valence-electron chi connectivity index (χ0n) is 26.4. The number of carbonyl (C=O) groups is 1. The maximum atomic E-state index is 13.8. The van der Waals surface area contributed by atoms with Crippen LogP contribution in [-0.4, -0.2) is 91.2 Å². The van der Waals surface area contributed by atoms with Crippen LogP contribution >= 0.6 is 25.1 Å². The maximum Gasteiger partial charge on any atom is 0.318 e. The van der Waals surface area contributed by atoms with Crippen LogP contribution in [0, 0.1) is 12.0 Å². The summed E-state index contributed by atoms with van der Waals surface area (Å²) in [5, 5.41) is 2.81. The van der Waals surface area contributed by atoms with Crippen LogP contribution in [0.2, 0.25) is 5.02 Å². The van der Waals surface area contributed by atoms with Crippen molar-refractivity contribution in [3.8, 4) is 6.01 Å². The summed E-state index contributed by atoms with van der Waals surface area (Å²) in [7, 11) is 2.13.